The summed E-state index contributed by atoms with van der Waals surface area (Å²) in [5.41, 5.74) is 7.55. The van der Waals surface area contributed by atoms with Gasteiger partial charge in [-0.15, -0.1) is 0 Å². The molecular formula is C12H19N3O3. The number of nitrogens with zero attached hydrogens (tertiary/aromatic N) is 1. The molecule has 0 aliphatic rings. The molecule has 6 heteroatoms. The molecule has 0 heterocycles. The molecule has 0 aliphatic carbocycles. The first-order valence-electron chi connectivity index (χ1n) is 5.59. The van der Waals surface area contributed by atoms with E-state index in [2.05, 4.69) is 5.32 Å². The van der Waals surface area contributed by atoms with Crippen LogP contribution in [0.2, 0.25) is 0 Å². The summed E-state index contributed by atoms with van der Waals surface area (Å²) in [4.78, 5) is 13.7. The number of rotatable bonds is 5. The molecule has 100 valence electrons. The van der Waals surface area contributed by atoms with Crippen molar-refractivity contribution in [3.63, 3.8) is 0 Å². The zero-order valence-corrected chi connectivity index (χ0v) is 10.6. The van der Waals surface area contributed by atoms with Crippen LogP contribution in [-0.4, -0.2) is 49.5 Å². The van der Waals surface area contributed by atoms with Crippen LogP contribution in [0.25, 0.3) is 0 Å². The molecule has 1 aromatic rings. The van der Waals surface area contributed by atoms with Crippen LogP contribution in [-0.2, 0) is 0 Å². The summed E-state index contributed by atoms with van der Waals surface area (Å²) in [6, 6.07) is 4.30. The largest absolute Gasteiger partial charge is 0.397 e. The lowest BCUT2D eigenvalue weighted by atomic mass is 10.1. The Labute approximate surface area is 106 Å². The van der Waals surface area contributed by atoms with Crippen molar-refractivity contribution in [2.45, 2.75) is 6.04 Å². The fourth-order valence-corrected chi connectivity index (χ4v) is 1.52. The molecule has 1 rings (SSSR count). The van der Waals surface area contributed by atoms with Gasteiger partial charge in [-0.3, -0.25) is 4.79 Å². The van der Waals surface area contributed by atoms with Crippen LogP contribution in [0.5, 0.6) is 0 Å². The van der Waals surface area contributed by atoms with Crippen LogP contribution in [0.3, 0.4) is 0 Å². The average Bonchev–Trinajstić information content (AvgIpc) is 2.34. The standard InChI is InChI=1S/C12H19N3O3/c1-15(2)11-4-3-8(5-10(11)13)12(18)14-9(6-16)7-17/h3-5,9,16-17H,6-7,13H2,1-2H3,(H,14,18). The Morgan fingerprint density at radius 3 is 2.44 bits per heavy atom. The molecular weight excluding hydrogens is 234 g/mol. The van der Waals surface area contributed by atoms with Crippen LogP contribution in [0.4, 0.5) is 11.4 Å². The lowest BCUT2D eigenvalue weighted by molar-refractivity contribution is 0.0879. The highest BCUT2D eigenvalue weighted by Crippen LogP contribution is 2.22. The highest BCUT2D eigenvalue weighted by Gasteiger charge is 2.13. The number of anilines is 2. The molecule has 1 aromatic carbocycles. The Morgan fingerprint density at radius 1 is 1.39 bits per heavy atom. The number of hydrogen-bond acceptors (Lipinski definition) is 5. The minimum Gasteiger partial charge on any atom is -0.397 e. The van der Waals surface area contributed by atoms with Gasteiger partial charge in [-0.05, 0) is 18.2 Å². The molecule has 0 atom stereocenters. The van der Waals surface area contributed by atoms with Gasteiger partial charge in [0.1, 0.15) is 0 Å². The van der Waals surface area contributed by atoms with E-state index in [0.717, 1.165) is 5.69 Å². The smallest absolute Gasteiger partial charge is 0.251 e. The summed E-state index contributed by atoms with van der Waals surface area (Å²) in [7, 11) is 3.72. The van der Waals surface area contributed by atoms with Gasteiger partial charge in [0.25, 0.3) is 5.91 Å². The second-order valence-electron chi connectivity index (χ2n) is 4.20. The van der Waals surface area contributed by atoms with Gasteiger partial charge in [0.15, 0.2) is 0 Å². The Hall–Kier alpha value is -1.79. The van der Waals surface area contributed by atoms with E-state index in [1.807, 2.05) is 19.0 Å². The zero-order chi connectivity index (χ0) is 13.7. The summed E-state index contributed by atoms with van der Waals surface area (Å²) in [5.74, 6) is -0.375. The van der Waals surface area contributed by atoms with Gasteiger partial charge in [0.05, 0.1) is 30.6 Å². The second kappa shape index (κ2) is 6.23. The van der Waals surface area contributed by atoms with Crippen LogP contribution < -0.4 is 16.0 Å². The summed E-state index contributed by atoms with van der Waals surface area (Å²) in [6.45, 7) is -0.624. The average molecular weight is 253 g/mol. The molecule has 6 nitrogen and oxygen atoms in total. The normalized spacial score (nSPS) is 10.5. The predicted molar refractivity (Wildman–Crippen MR) is 70.6 cm³/mol. The van der Waals surface area contributed by atoms with Crippen molar-refractivity contribution >= 4 is 17.3 Å². The molecule has 0 aromatic heterocycles. The molecule has 0 saturated carbocycles. The van der Waals surface area contributed by atoms with E-state index in [-0.39, 0.29) is 19.1 Å². The maximum absolute atomic E-state index is 11.8. The van der Waals surface area contributed by atoms with E-state index in [4.69, 9.17) is 15.9 Å². The van der Waals surface area contributed by atoms with Crippen molar-refractivity contribution in [3.05, 3.63) is 23.8 Å². The topological polar surface area (TPSA) is 98.8 Å². The Kier molecular flexibility index (Phi) is 4.94. The van der Waals surface area contributed by atoms with Crippen LogP contribution >= 0.6 is 0 Å². The number of aliphatic hydroxyl groups is 2. The summed E-state index contributed by atoms with van der Waals surface area (Å²) in [5, 5.41) is 20.3. The van der Waals surface area contributed by atoms with E-state index in [0.29, 0.717) is 11.3 Å². The first-order chi connectivity index (χ1) is 8.49. The second-order valence-corrected chi connectivity index (χ2v) is 4.20. The SMILES string of the molecule is CN(C)c1ccc(C(=O)NC(CO)CO)cc1N. The van der Waals surface area contributed by atoms with Crippen molar-refractivity contribution in [2.75, 3.05) is 37.9 Å². The third-order valence-corrected chi connectivity index (χ3v) is 2.55. The predicted octanol–water partition coefficient (Wildman–Crippen LogP) is -0.582. The Morgan fingerprint density at radius 2 is 2.00 bits per heavy atom. The first kappa shape index (κ1) is 14.3. The number of hydrogen-bond donors (Lipinski definition) is 4. The van der Waals surface area contributed by atoms with Gasteiger partial charge in [-0.25, -0.2) is 0 Å². The fourth-order valence-electron chi connectivity index (χ4n) is 1.52. The molecule has 5 N–H and O–H groups in total. The van der Waals surface area contributed by atoms with Gasteiger partial charge in [0, 0.05) is 19.7 Å². The molecule has 0 fully saturated rings. The fraction of sp³-hybridized carbons (Fsp3) is 0.417. The van der Waals surface area contributed by atoms with Crippen LogP contribution in [0, 0.1) is 0 Å². The Balaban J connectivity index is 2.84. The molecule has 18 heavy (non-hydrogen) atoms. The van der Waals surface area contributed by atoms with Gasteiger partial charge in [0.2, 0.25) is 0 Å². The van der Waals surface area contributed by atoms with E-state index in [1.54, 1.807) is 18.2 Å². The highest BCUT2D eigenvalue weighted by atomic mass is 16.3. The molecule has 0 aliphatic heterocycles. The summed E-state index contributed by atoms with van der Waals surface area (Å²) >= 11 is 0. The van der Waals surface area contributed by atoms with Crippen LogP contribution in [0.15, 0.2) is 18.2 Å². The summed E-state index contributed by atoms with van der Waals surface area (Å²) < 4.78 is 0. The monoisotopic (exact) mass is 253 g/mol. The van der Waals surface area contributed by atoms with Crippen molar-refractivity contribution < 1.29 is 15.0 Å². The van der Waals surface area contributed by atoms with Crippen molar-refractivity contribution in [1.29, 1.82) is 0 Å². The number of nitrogens with two attached hydrogens (primary N) is 1. The van der Waals surface area contributed by atoms with Crippen molar-refractivity contribution in [3.8, 4) is 0 Å². The zero-order valence-electron chi connectivity index (χ0n) is 10.6. The maximum atomic E-state index is 11.8. The van der Waals surface area contributed by atoms with Crippen molar-refractivity contribution in [2.24, 2.45) is 0 Å². The molecule has 0 saturated heterocycles. The van der Waals surface area contributed by atoms with E-state index in [1.165, 1.54) is 0 Å². The number of nitrogen functional groups attached to an aromatic ring is 1. The third-order valence-electron chi connectivity index (χ3n) is 2.55. The minimum atomic E-state index is -0.660. The molecule has 1 amide bonds. The van der Waals surface area contributed by atoms with Gasteiger partial charge >= 0.3 is 0 Å². The molecule has 0 radical (unpaired) electrons. The minimum absolute atomic E-state index is 0.312. The van der Waals surface area contributed by atoms with Gasteiger partial charge in [-0.2, -0.15) is 0 Å². The van der Waals surface area contributed by atoms with Crippen LogP contribution in [0.1, 0.15) is 10.4 Å². The van der Waals surface area contributed by atoms with E-state index in [9.17, 15) is 4.79 Å². The number of amides is 1. The third kappa shape index (κ3) is 3.35. The van der Waals surface area contributed by atoms with E-state index >= 15 is 0 Å². The number of carbonyl (C=O) groups excluding carboxylic acids is 1. The summed E-state index contributed by atoms with van der Waals surface area (Å²) in [6.07, 6.45) is 0. The Bertz CT molecular complexity index is 417. The molecule has 0 spiro atoms. The molecule has 0 unspecified atom stereocenters. The lowest BCUT2D eigenvalue weighted by Crippen LogP contribution is -2.40. The van der Waals surface area contributed by atoms with Gasteiger partial charge < -0.3 is 26.2 Å². The number of aliphatic hydroxyl groups excluding tert-OH is 2. The van der Waals surface area contributed by atoms with Gasteiger partial charge in [-0.1, -0.05) is 0 Å². The molecule has 0 bridgehead atoms. The number of benzene rings is 1. The van der Waals surface area contributed by atoms with E-state index < -0.39 is 6.04 Å². The quantitative estimate of drug-likeness (QED) is 0.526. The first-order valence-corrected chi connectivity index (χ1v) is 5.59. The van der Waals surface area contributed by atoms with Crippen molar-refractivity contribution in [1.82, 2.24) is 5.32 Å². The lowest BCUT2D eigenvalue weighted by Gasteiger charge is -2.17. The maximum Gasteiger partial charge on any atom is 0.251 e. The number of carbonyl (C=O) groups is 1. The number of nitrogens with one attached hydrogen (secondary N) is 1. The highest BCUT2D eigenvalue weighted by molar-refractivity contribution is 5.96.